The monoisotopic (exact) mass is 385 g/mol. The average Bonchev–Trinajstić information content (AvgIpc) is 3.18. The SMILES string of the molecule is COc1ccc(CNC(=O)c2ccn(S(=O)(=O)c3ccc(C)cc3)c2)nc1. The maximum atomic E-state index is 12.6. The van der Waals surface area contributed by atoms with Gasteiger partial charge in [0.2, 0.25) is 0 Å². The number of hydrogen-bond donors (Lipinski definition) is 1. The molecule has 27 heavy (non-hydrogen) atoms. The lowest BCUT2D eigenvalue weighted by Gasteiger charge is -2.06. The molecule has 0 saturated heterocycles. The quantitative estimate of drug-likeness (QED) is 0.703. The number of hydrogen-bond acceptors (Lipinski definition) is 5. The Labute approximate surface area is 157 Å². The first-order valence-electron chi connectivity index (χ1n) is 8.17. The Bertz CT molecular complexity index is 1040. The van der Waals surface area contributed by atoms with Crippen LogP contribution in [0.5, 0.6) is 5.75 Å². The zero-order chi connectivity index (χ0) is 19.4. The molecule has 0 spiro atoms. The lowest BCUT2D eigenvalue weighted by Crippen LogP contribution is -2.23. The highest BCUT2D eigenvalue weighted by Crippen LogP contribution is 2.16. The summed E-state index contributed by atoms with van der Waals surface area (Å²) in [6.07, 6.45) is 4.22. The topological polar surface area (TPSA) is 90.3 Å². The maximum Gasteiger partial charge on any atom is 0.267 e. The zero-order valence-electron chi connectivity index (χ0n) is 14.9. The summed E-state index contributed by atoms with van der Waals surface area (Å²) in [7, 11) is -2.18. The number of aryl methyl sites for hydroxylation is 1. The van der Waals surface area contributed by atoms with Crippen LogP contribution in [-0.2, 0) is 16.6 Å². The number of carbonyl (C=O) groups is 1. The molecule has 0 bridgehead atoms. The molecule has 0 aliphatic carbocycles. The third kappa shape index (κ3) is 4.17. The number of pyridine rings is 1. The number of ether oxygens (including phenoxy) is 1. The van der Waals surface area contributed by atoms with Crippen LogP contribution in [0.3, 0.4) is 0 Å². The number of nitrogens with one attached hydrogen (secondary N) is 1. The van der Waals surface area contributed by atoms with Crippen molar-refractivity contribution in [1.82, 2.24) is 14.3 Å². The number of rotatable bonds is 6. The van der Waals surface area contributed by atoms with Gasteiger partial charge in [-0.05, 0) is 37.3 Å². The van der Waals surface area contributed by atoms with Crippen molar-refractivity contribution in [2.24, 2.45) is 0 Å². The van der Waals surface area contributed by atoms with Gasteiger partial charge in [0.1, 0.15) is 5.75 Å². The first-order chi connectivity index (χ1) is 12.9. The number of nitrogens with zero attached hydrogens (tertiary/aromatic N) is 2. The van der Waals surface area contributed by atoms with Gasteiger partial charge in [0, 0.05) is 12.4 Å². The lowest BCUT2D eigenvalue weighted by molar-refractivity contribution is 0.0950. The predicted octanol–water partition coefficient (Wildman–Crippen LogP) is 2.37. The maximum absolute atomic E-state index is 12.6. The first kappa shape index (κ1) is 18.7. The van der Waals surface area contributed by atoms with E-state index in [0.29, 0.717) is 11.4 Å². The molecule has 8 heteroatoms. The Morgan fingerprint density at radius 1 is 1.15 bits per heavy atom. The van der Waals surface area contributed by atoms with Crippen LogP contribution in [0.25, 0.3) is 0 Å². The number of carbonyl (C=O) groups excluding carboxylic acids is 1. The summed E-state index contributed by atoms with van der Waals surface area (Å²) in [6.45, 7) is 2.10. The van der Waals surface area contributed by atoms with Gasteiger partial charge < -0.3 is 10.1 Å². The van der Waals surface area contributed by atoms with E-state index in [2.05, 4.69) is 10.3 Å². The van der Waals surface area contributed by atoms with Gasteiger partial charge in [0.25, 0.3) is 15.9 Å². The second-order valence-corrected chi connectivity index (χ2v) is 7.76. The van der Waals surface area contributed by atoms with E-state index < -0.39 is 10.0 Å². The summed E-state index contributed by atoms with van der Waals surface area (Å²) in [4.78, 5) is 16.6. The van der Waals surface area contributed by atoms with Gasteiger partial charge in [-0.15, -0.1) is 0 Å². The molecule has 3 rings (SSSR count). The van der Waals surface area contributed by atoms with Gasteiger partial charge in [0.15, 0.2) is 0 Å². The highest BCUT2D eigenvalue weighted by molar-refractivity contribution is 7.90. The molecule has 1 N–H and O–H groups in total. The van der Waals surface area contributed by atoms with Crippen LogP contribution in [0.4, 0.5) is 0 Å². The summed E-state index contributed by atoms with van der Waals surface area (Å²) < 4.78 is 31.3. The summed E-state index contributed by atoms with van der Waals surface area (Å²) >= 11 is 0. The molecule has 0 unspecified atom stereocenters. The van der Waals surface area contributed by atoms with Crippen LogP contribution >= 0.6 is 0 Å². The molecule has 0 atom stereocenters. The van der Waals surface area contributed by atoms with E-state index in [-0.39, 0.29) is 22.9 Å². The molecule has 2 heterocycles. The average molecular weight is 385 g/mol. The van der Waals surface area contributed by atoms with Crippen molar-refractivity contribution in [3.63, 3.8) is 0 Å². The minimum atomic E-state index is -3.73. The van der Waals surface area contributed by atoms with Crippen LogP contribution in [0.1, 0.15) is 21.6 Å². The fraction of sp³-hybridized carbons (Fsp3) is 0.158. The fourth-order valence-corrected chi connectivity index (χ4v) is 3.60. The second-order valence-electron chi connectivity index (χ2n) is 5.92. The van der Waals surface area contributed by atoms with Crippen LogP contribution in [0.15, 0.2) is 66.0 Å². The molecule has 0 saturated carbocycles. The van der Waals surface area contributed by atoms with Crippen LogP contribution in [-0.4, -0.2) is 30.4 Å². The lowest BCUT2D eigenvalue weighted by atomic mass is 10.2. The van der Waals surface area contributed by atoms with Gasteiger partial charge in [-0.25, -0.2) is 12.4 Å². The van der Waals surface area contributed by atoms with Gasteiger partial charge in [-0.1, -0.05) is 17.7 Å². The van der Waals surface area contributed by atoms with E-state index in [4.69, 9.17) is 4.74 Å². The molecule has 0 radical (unpaired) electrons. The first-order valence-corrected chi connectivity index (χ1v) is 9.61. The number of amides is 1. The van der Waals surface area contributed by atoms with Crippen molar-refractivity contribution in [1.29, 1.82) is 0 Å². The minimum Gasteiger partial charge on any atom is -0.495 e. The van der Waals surface area contributed by atoms with E-state index in [0.717, 1.165) is 9.54 Å². The van der Waals surface area contributed by atoms with E-state index in [1.165, 1.54) is 18.5 Å². The zero-order valence-corrected chi connectivity index (χ0v) is 15.7. The van der Waals surface area contributed by atoms with Crippen LogP contribution in [0, 0.1) is 6.92 Å². The normalized spacial score (nSPS) is 11.2. The van der Waals surface area contributed by atoms with Gasteiger partial charge in [-0.3, -0.25) is 9.78 Å². The molecule has 1 amide bonds. The Balaban J connectivity index is 1.70. The van der Waals surface area contributed by atoms with Crippen molar-refractivity contribution < 1.29 is 17.9 Å². The number of methoxy groups -OCH3 is 1. The highest BCUT2D eigenvalue weighted by Gasteiger charge is 2.18. The smallest absolute Gasteiger partial charge is 0.267 e. The Kier molecular flexibility index (Phi) is 5.27. The standard InChI is InChI=1S/C19H19N3O4S/c1-14-3-7-18(8-4-14)27(24,25)22-10-9-15(13-22)19(23)21-11-16-5-6-17(26-2)12-20-16/h3-10,12-13H,11H2,1-2H3,(H,21,23). The van der Waals surface area contributed by atoms with Crippen molar-refractivity contribution >= 4 is 15.9 Å². The summed E-state index contributed by atoms with van der Waals surface area (Å²) in [5.41, 5.74) is 1.88. The van der Waals surface area contributed by atoms with Gasteiger partial charge >= 0.3 is 0 Å². The van der Waals surface area contributed by atoms with Crippen molar-refractivity contribution in [2.75, 3.05) is 7.11 Å². The van der Waals surface area contributed by atoms with E-state index in [1.54, 1.807) is 49.7 Å². The summed E-state index contributed by atoms with van der Waals surface area (Å²) in [5, 5.41) is 2.71. The van der Waals surface area contributed by atoms with Crippen LogP contribution in [0.2, 0.25) is 0 Å². The van der Waals surface area contributed by atoms with Crippen molar-refractivity contribution in [3.8, 4) is 5.75 Å². The van der Waals surface area contributed by atoms with Crippen molar-refractivity contribution in [3.05, 3.63) is 77.9 Å². The molecular formula is C19H19N3O4S. The Morgan fingerprint density at radius 2 is 1.89 bits per heavy atom. The molecule has 0 fully saturated rings. The third-order valence-corrected chi connectivity index (χ3v) is 5.64. The van der Waals surface area contributed by atoms with Gasteiger partial charge in [-0.2, -0.15) is 0 Å². The van der Waals surface area contributed by atoms with Gasteiger partial charge in [0.05, 0.1) is 36.0 Å². The Morgan fingerprint density at radius 3 is 2.52 bits per heavy atom. The molecule has 2 aromatic heterocycles. The fourth-order valence-electron chi connectivity index (χ4n) is 2.40. The molecule has 7 nitrogen and oxygen atoms in total. The summed E-state index contributed by atoms with van der Waals surface area (Å²) in [5.74, 6) is 0.244. The number of benzene rings is 1. The molecule has 3 aromatic rings. The number of aromatic nitrogens is 2. The highest BCUT2D eigenvalue weighted by atomic mass is 32.2. The molecule has 140 valence electrons. The minimum absolute atomic E-state index is 0.165. The second kappa shape index (κ2) is 7.63. The van der Waals surface area contributed by atoms with E-state index in [1.807, 2.05) is 6.92 Å². The molecule has 0 aliphatic heterocycles. The third-order valence-electron chi connectivity index (χ3n) is 3.99. The molecular weight excluding hydrogens is 366 g/mol. The molecule has 1 aromatic carbocycles. The van der Waals surface area contributed by atoms with Crippen molar-refractivity contribution in [2.45, 2.75) is 18.4 Å². The Hall–Kier alpha value is -3.13. The largest absolute Gasteiger partial charge is 0.495 e. The van der Waals surface area contributed by atoms with Crippen LogP contribution < -0.4 is 10.1 Å². The predicted molar refractivity (Wildman–Crippen MR) is 100 cm³/mol. The van der Waals surface area contributed by atoms with E-state index >= 15 is 0 Å². The molecule has 0 aliphatic rings. The van der Waals surface area contributed by atoms with E-state index in [9.17, 15) is 13.2 Å². The summed E-state index contributed by atoms with van der Waals surface area (Å²) in [6, 6.07) is 11.5.